The zero-order valence-corrected chi connectivity index (χ0v) is 14.0. The van der Waals surface area contributed by atoms with E-state index in [4.69, 9.17) is 0 Å². The highest BCUT2D eigenvalue weighted by Gasteiger charge is 2.07. The highest BCUT2D eigenvalue weighted by molar-refractivity contribution is 5.70. The molecule has 4 nitrogen and oxygen atoms in total. The van der Waals surface area contributed by atoms with Crippen LogP contribution in [0.1, 0.15) is 32.3 Å². The molecule has 2 rings (SSSR count). The molecule has 23 heavy (non-hydrogen) atoms. The summed E-state index contributed by atoms with van der Waals surface area (Å²) in [5.41, 5.74) is 1.12. The molecule has 0 aliphatic heterocycles. The summed E-state index contributed by atoms with van der Waals surface area (Å²) in [7, 11) is 0. The minimum atomic E-state index is 0.00443. The van der Waals surface area contributed by atoms with Crippen molar-refractivity contribution in [3.05, 3.63) is 64.4 Å². The van der Waals surface area contributed by atoms with Crippen molar-refractivity contribution in [1.82, 2.24) is 4.57 Å². The van der Waals surface area contributed by atoms with E-state index in [-0.39, 0.29) is 5.56 Å². The average molecular weight is 312 g/mol. The molecule has 1 N–H and O–H groups in total. The van der Waals surface area contributed by atoms with E-state index < -0.39 is 0 Å². The number of benzene rings is 1. The minimum absolute atomic E-state index is 0.00443. The predicted octanol–water partition coefficient (Wildman–Crippen LogP) is 3.17. The van der Waals surface area contributed by atoms with Gasteiger partial charge in [0, 0.05) is 12.1 Å². The van der Waals surface area contributed by atoms with E-state index in [1.165, 1.54) is 0 Å². The van der Waals surface area contributed by atoms with E-state index >= 15 is 0 Å². The first-order valence-corrected chi connectivity index (χ1v) is 8.32. The SMILES string of the molecule is CCC[N+](=CNc1cccc(=O)n1Cc1ccccc1)CCC. The molecule has 0 radical (unpaired) electrons. The largest absolute Gasteiger partial charge is 0.271 e. The number of aromatic nitrogens is 1. The lowest BCUT2D eigenvalue weighted by Crippen LogP contribution is -2.25. The maximum Gasteiger partial charge on any atom is 0.253 e. The summed E-state index contributed by atoms with van der Waals surface area (Å²) in [6.45, 7) is 6.93. The Kier molecular flexibility index (Phi) is 6.60. The lowest BCUT2D eigenvalue weighted by Gasteiger charge is -2.10. The summed E-state index contributed by atoms with van der Waals surface area (Å²) in [4.78, 5) is 12.2. The number of nitrogens with zero attached hydrogens (tertiary/aromatic N) is 2. The first kappa shape index (κ1) is 17.0. The van der Waals surface area contributed by atoms with Gasteiger partial charge in [0.2, 0.25) is 12.2 Å². The summed E-state index contributed by atoms with van der Waals surface area (Å²) in [6, 6.07) is 15.4. The molecule has 1 aromatic carbocycles. The van der Waals surface area contributed by atoms with Crippen molar-refractivity contribution in [3.63, 3.8) is 0 Å². The van der Waals surface area contributed by atoms with Crippen molar-refractivity contribution >= 4 is 12.2 Å². The first-order chi connectivity index (χ1) is 11.2. The lowest BCUT2D eigenvalue weighted by atomic mass is 10.2. The van der Waals surface area contributed by atoms with Crippen LogP contribution in [0.3, 0.4) is 0 Å². The molecule has 0 unspecified atom stereocenters. The highest BCUT2D eigenvalue weighted by atomic mass is 16.1. The Balaban J connectivity index is 2.23. The molecular weight excluding hydrogens is 286 g/mol. The summed E-state index contributed by atoms with van der Waals surface area (Å²) >= 11 is 0. The van der Waals surface area contributed by atoms with Crippen LogP contribution in [0.15, 0.2) is 53.3 Å². The third-order valence-corrected chi connectivity index (χ3v) is 3.65. The molecule has 4 heteroatoms. The number of pyridine rings is 1. The third kappa shape index (κ3) is 5.09. The van der Waals surface area contributed by atoms with Crippen LogP contribution in [-0.2, 0) is 6.54 Å². The van der Waals surface area contributed by atoms with Gasteiger partial charge in [0.05, 0.1) is 19.6 Å². The number of rotatable bonds is 8. The molecule has 0 saturated heterocycles. The van der Waals surface area contributed by atoms with Crippen molar-refractivity contribution in [1.29, 1.82) is 0 Å². The van der Waals surface area contributed by atoms with Gasteiger partial charge in [-0.2, -0.15) is 0 Å². The summed E-state index contributed by atoms with van der Waals surface area (Å²) in [5.74, 6) is 0.818. The Labute approximate surface area is 138 Å². The Morgan fingerprint density at radius 3 is 2.35 bits per heavy atom. The van der Waals surface area contributed by atoms with Gasteiger partial charge in [-0.05, 0) is 18.4 Å². The van der Waals surface area contributed by atoms with Crippen LogP contribution in [0.25, 0.3) is 0 Å². The fourth-order valence-electron chi connectivity index (χ4n) is 2.55. The molecule has 122 valence electrons. The summed E-state index contributed by atoms with van der Waals surface area (Å²) in [5, 5.41) is 3.31. The van der Waals surface area contributed by atoms with E-state index in [0.717, 1.165) is 37.3 Å². The first-order valence-electron chi connectivity index (χ1n) is 8.32. The third-order valence-electron chi connectivity index (χ3n) is 3.65. The Morgan fingerprint density at radius 2 is 1.70 bits per heavy atom. The number of nitrogens with one attached hydrogen (secondary N) is 1. The fourth-order valence-corrected chi connectivity index (χ4v) is 2.55. The second kappa shape index (κ2) is 8.93. The van der Waals surface area contributed by atoms with Crippen LogP contribution in [0.4, 0.5) is 5.82 Å². The smallest absolute Gasteiger partial charge is 0.253 e. The lowest BCUT2D eigenvalue weighted by molar-refractivity contribution is -0.523. The van der Waals surface area contributed by atoms with Crippen LogP contribution >= 0.6 is 0 Å². The standard InChI is InChI=1S/C19H25N3O/c1-3-13-21(14-4-2)16-20-18-11-8-12-19(23)22(18)15-17-9-6-5-7-10-17/h5-12,16H,3-4,13-15H2,1-2H3/p+1. The quantitative estimate of drug-likeness (QED) is 0.462. The second-order valence-corrected chi connectivity index (χ2v) is 5.63. The van der Waals surface area contributed by atoms with Crippen molar-refractivity contribution in [3.8, 4) is 0 Å². The maximum atomic E-state index is 12.2. The molecule has 1 aromatic heterocycles. The van der Waals surface area contributed by atoms with E-state index in [1.807, 2.05) is 42.7 Å². The molecule has 0 fully saturated rings. The van der Waals surface area contributed by atoms with Gasteiger partial charge in [-0.1, -0.05) is 50.2 Å². The fraction of sp³-hybridized carbons (Fsp3) is 0.368. The van der Waals surface area contributed by atoms with Crippen LogP contribution < -0.4 is 10.9 Å². The number of hydrogen-bond donors (Lipinski definition) is 1. The molecule has 0 spiro atoms. The molecule has 0 aliphatic rings. The van der Waals surface area contributed by atoms with Crippen molar-refractivity contribution in [2.75, 3.05) is 18.4 Å². The molecule has 0 aliphatic carbocycles. The zero-order valence-electron chi connectivity index (χ0n) is 14.0. The highest BCUT2D eigenvalue weighted by Crippen LogP contribution is 2.07. The maximum absolute atomic E-state index is 12.2. The van der Waals surface area contributed by atoms with E-state index in [0.29, 0.717) is 6.54 Å². The molecule has 0 saturated carbocycles. The van der Waals surface area contributed by atoms with Crippen LogP contribution in [0.2, 0.25) is 0 Å². The summed E-state index contributed by atoms with van der Waals surface area (Å²) in [6.07, 6.45) is 4.19. The van der Waals surface area contributed by atoms with Gasteiger partial charge in [-0.15, -0.1) is 0 Å². The normalized spacial score (nSPS) is 10.3. The predicted molar refractivity (Wildman–Crippen MR) is 96.5 cm³/mol. The van der Waals surface area contributed by atoms with Gasteiger partial charge in [0.25, 0.3) is 5.56 Å². The van der Waals surface area contributed by atoms with Crippen LogP contribution in [0.5, 0.6) is 0 Å². The minimum Gasteiger partial charge on any atom is -0.271 e. The van der Waals surface area contributed by atoms with E-state index in [1.54, 1.807) is 16.7 Å². The van der Waals surface area contributed by atoms with E-state index in [9.17, 15) is 4.79 Å². The van der Waals surface area contributed by atoms with E-state index in [2.05, 4.69) is 23.7 Å². The number of hydrogen-bond acceptors (Lipinski definition) is 1. The van der Waals surface area contributed by atoms with Gasteiger partial charge in [0.15, 0.2) is 0 Å². The molecule has 2 aromatic rings. The van der Waals surface area contributed by atoms with Crippen LogP contribution in [0, 0.1) is 0 Å². The monoisotopic (exact) mass is 312 g/mol. The molecule has 1 heterocycles. The average Bonchev–Trinajstić information content (AvgIpc) is 2.56. The van der Waals surface area contributed by atoms with Crippen LogP contribution in [-0.4, -0.2) is 28.6 Å². The molecule has 0 bridgehead atoms. The summed E-state index contributed by atoms with van der Waals surface area (Å²) < 4.78 is 4.02. The molecular formula is C19H26N3O+. The Morgan fingerprint density at radius 1 is 1.00 bits per heavy atom. The molecule has 0 amide bonds. The van der Waals surface area contributed by atoms with Gasteiger partial charge in [-0.3, -0.25) is 13.9 Å². The van der Waals surface area contributed by atoms with Gasteiger partial charge < -0.3 is 0 Å². The number of anilines is 1. The topological polar surface area (TPSA) is 37.0 Å². The van der Waals surface area contributed by atoms with Crippen molar-refractivity contribution in [2.45, 2.75) is 33.2 Å². The Hall–Kier alpha value is -2.36. The van der Waals surface area contributed by atoms with Crippen molar-refractivity contribution < 1.29 is 4.58 Å². The molecule has 0 atom stereocenters. The van der Waals surface area contributed by atoms with Gasteiger partial charge in [0.1, 0.15) is 0 Å². The zero-order chi connectivity index (χ0) is 16.5. The second-order valence-electron chi connectivity index (χ2n) is 5.63. The van der Waals surface area contributed by atoms with Crippen molar-refractivity contribution in [2.24, 2.45) is 0 Å². The van der Waals surface area contributed by atoms with Gasteiger partial charge >= 0.3 is 0 Å². The van der Waals surface area contributed by atoms with Gasteiger partial charge in [-0.25, -0.2) is 5.32 Å². The Bertz CT molecular complexity index is 681.